The van der Waals surface area contributed by atoms with Crippen LogP contribution < -0.4 is 5.56 Å². The van der Waals surface area contributed by atoms with E-state index in [9.17, 15) is 20.0 Å². The Morgan fingerprint density at radius 3 is 2.88 bits per heavy atom. The lowest BCUT2D eigenvalue weighted by molar-refractivity contribution is -0.385. The summed E-state index contributed by atoms with van der Waals surface area (Å²) in [7, 11) is 0. The molecule has 3 rings (SSSR count). The molecule has 0 aliphatic carbocycles. The molecule has 3 aromatic rings. The van der Waals surface area contributed by atoms with Gasteiger partial charge in [0.05, 0.1) is 41.3 Å². The molecule has 0 unspecified atom stereocenters. The van der Waals surface area contributed by atoms with Crippen molar-refractivity contribution in [2.45, 2.75) is 26.1 Å². The predicted octanol–water partition coefficient (Wildman–Crippen LogP) is 0.871. The summed E-state index contributed by atoms with van der Waals surface area (Å²) < 4.78 is 2.59. The van der Waals surface area contributed by atoms with Crippen molar-refractivity contribution in [2.75, 3.05) is 0 Å². The van der Waals surface area contributed by atoms with Crippen molar-refractivity contribution in [2.24, 2.45) is 0 Å². The first-order chi connectivity index (χ1) is 11.5. The van der Waals surface area contributed by atoms with E-state index in [-0.39, 0.29) is 24.3 Å². The van der Waals surface area contributed by atoms with Gasteiger partial charge < -0.3 is 5.11 Å². The molecule has 124 valence electrons. The number of fused-ring (bicyclic) bond motifs is 1. The number of hydrogen-bond acceptors (Lipinski definition) is 6. The average molecular weight is 329 g/mol. The van der Waals surface area contributed by atoms with Gasteiger partial charge in [-0.25, -0.2) is 4.98 Å². The number of aromatic nitrogens is 4. The molecule has 1 N–H and O–H groups in total. The largest absolute Gasteiger partial charge is 0.389 e. The highest BCUT2D eigenvalue weighted by atomic mass is 16.6. The number of hydrogen-bond donors (Lipinski definition) is 1. The Bertz CT molecular complexity index is 962. The van der Waals surface area contributed by atoms with E-state index in [1.807, 2.05) is 13.0 Å². The summed E-state index contributed by atoms with van der Waals surface area (Å²) >= 11 is 0. The smallest absolute Gasteiger partial charge is 0.306 e. The van der Waals surface area contributed by atoms with Crippen LogP contribution in [0.1, 0.15) is 5.56 Å². The second kappa shape index (κ2) is 6.20. The highest BCUT2D eigenvalue weighted by Crippen LogP contribution is 2.12. The maximum Gasteiger partial charge on any atom is 0.306 e. The van der Waals surface area contributed by atoms with Gasteiger partial charge in [0.25, 0.3) is 5.56 Å². The number of para-hydroxylation sites is 1. The first kappa shape index (κ1) is 15.8. The first-order valence-electron chi connectivity index (χ1n) is 7.25. The molecule has 9 nitrogen and oxygen atoms in total. The number of nitro groups is 1. The van der Waals surface area contributed by atoms with Crippen molar-refractivity contribution < 1.29 is 10.0 Å². The SMILES string of the molecule is Cc1cccc2c(=O)n(C[C@H](O)Cn3cc([N+](=O)[O-])cn3)cnc12. The number of nitrogens with zero attached hydrogens (tertiary/aromatic N) is 5. The molecule has 0 spiro atoms. The Kier molecular flexibility index (Phi) is 4.09. The number of aliphatic hydroxyl groups is 1. The van der Waals surface area contributed by atoms with Gasteiger partial charge in [-0.3, -0.25) is 24.2 Å². The second-order valence-corrected chi connectivity index (χ2v) is 5.50. The predicted molar refractivity (Wildman–Crippen MR) is 85.6 cm³/mol. The zero-order valence-corrected chi connectivity index (χ0v) is 12.9. The first-order valence-corrected chi connectivity index (χ1v) is 7.25. The molecule has 1 aromatic carbocycles. The fourth-order valence-electron chi connectivity index (χ4n) is 2.52. The van der Waals surface area contributed by atoms with Gasteiger partial charge in [0.2, 0.25) is 0 Å². The van der Waals surface area contributed by atoms with Gasteiger partial charge in [-0.15, -0.1) is 0 Å². The van der Waals surface area contributed by atoms with Crippen LogP contribution in [0.2, 0.25) is 0 Å². The minimum Gasteiger partial charge on any atom is -0.389 e. The van der Waals surface area contributed by atoms with Crippen LogP contribution in [0.25, 0.3) is 10.9 Å². The van der Waals surface area contributed by atoms with Gasteiger partial charge >= 0.3 is 5.69 Å². The van der Waals surface area contributed by atoms with Crippen LogP contribution in [0, 0.1) is 17.0 Å². The lowest BCUT2D eigenvalue weighted by Crippen LogP contribution is -2.29. The van der Waals surface area contributed by atoms with E-state index in [4.69, 9.17) is 0 Å². The van der Waals surface area contributed by atoms with Crippen LogP contribution in [0.3, 0.4) is 0 Å². The van der Waals surface area contributed by atoms with Crippen LogP contribution in [0.15, 0.2) is 41.7 Å². The second-order valence-electron chi connectivity index (χ2n) is 5.50. The standard InChI is InChI=1S/C15H15N5O4/c1-10-3-2-4-13-14(10)16-9-18(15(13)22)7-12(21)8-19-6-11(5-17-19)20(23)24/h2-6,9,12,21H,7-8H2,1H3/t12-/m0/s1. The van der Waals surface area contributed by atoms with Crippen molar-refractivity contribution in [3.05, 3.63) is 63.0 Å². The van der Waals surface area contributed by atoms with Crippen molar-refractivity contribution in [3.63, 3.8) is 0 Å². The number of rotatable bonds is 5. The molecule has 0 aliphatic heterocycles. The molecule has 0 aliphatic rings. The van der Waals surface area contributed by atoms with Gasteiger partial charge in [0, 0.05) is 0 Å². The van der Waals surface area contributed by atoms with Crippen molar-refractivity contribution in [1.82, 2.24) is 19.3 Å². The van der Waals surface area contributed by atoms with E-state index in [0.29, 0.717) is 10.9 Å². The minimum absolute atomic E-state index is 0.0172. The Hall–Kier alpha value is -3.07. The summed E-state index contributed by atoms with van der Waals surface area (Å²) in [6.45, 7) is 1.92. The summed E-state index contributed by atoms with van der Waals surface area (Å²) in [4.78, 5) is 26.8. The summed E-state index contributed by atoms with van der Waals surface area (Å²) in [6, 6.07) is 5.35. The molecule has 0 saturated heterocycles. The molecule has 1 atom stereocenters. The van der Waals surface area contributed by atoms with Crippen LogP contribution in [-0.4, -0.2) is 35.5 Å². The molecule has 0 radical (unpaired) electrons. The lowest BCUT2D eigenvalue weighted by Gasteiger charge is -2.13. The molecular formula is C15H15N5O4. The van der Waals surface area contributed by atoms with Gasteiger partial charge in [-0.1, -0.05) is 12.1 Å². The molecule has 24 heavy (non-hydrogen) atoms. The molecule has 9 heteroatoms. The highest BCUT2D eigenvalue weighted by molar-refractivity contribution is 5.80. The van der Waals surface area contributed by atoms with E-state index in [0.717, 1.165) is 11.8 Å². The zero-order chi connectivity index (χ0) is 17.3. The van der Waals surface area contributed by atoms with Crippen LogP contribution in [0.4, 0.5) is 5.69 Å². The molecule has 0 bridgehead atoms. The minimum atomic E-state index is -0.939. The summed E-state index contributed by atoms with van der Waals surface area (Å²) in [5, 5.41) is 25.1. The third-order valence-corrected chi connectivity index (χ3v) is 3.69. The Morgan fingerprint density at radius 1 is 1.38 bits per heavy atom. The Labute approximate surface area is 135 Å². The van der Waals surface area contributed by atoms with Crippen molar-refractivity contribution in [1.29, 1.82) is 0 Å². The van der Waals surface area contributed by atoms with E-state index >= 15 is 0 Å². The van der Waals surface area contributed by atoms with E-state index in [1.54, 1.807) is 12.1 Å². The van der Waals surface area contributed by atoms with Gasteiger partial charge in [0.15, 0.2) is 0 Å². The lowest BCUT2D eigenvalue weighted by atomic mass is 10.1. The normalized spacial score (nSPS) is 12.4. The van der Waals surface area contributed by atoms with Gasteiger partial charge in [0.1, 0.15) is 12.4 Å². The quantitative estimate of drug-likeness (QED) is 0.548. The fraction of sp³-hybridized carbons (Fsp3) is 0.267. The van der Waals surface area contributed by atoms with Crippen LogP contribution in [0.5, 0.6) is 0 Å². The molecule has 2 heterocycles. The summed E-state index contributed by atoms with van der Waals surface area (Å²) in [6.07, 6.45) is 2.80. The number of aryl methyl sites for hydroxylation is 1. The third-order valence-electron chi connectivity index (χ3n) is 3.69. The van der Waals surface area contributed by atoms with E-state index in [2.05, 4.69) is 10.1 Å². The topological polar surface area (TPSA) is 116 Å². The Morgan fingerprint density at radius 2 is 2.17 bits per heavy atom. The Balaban J connectivity index is 1.80. The van der Waals surface area contributed by atoms with Gasteiger partial charge in [-0.2, -0.15) is 5.10 Å². The summed E-state index contributed by atoms with van der Waals surface area (Å²) in [5.74, 6) is 0. The number of benzene rings is 1. The van der Waals surface area contributed by atoms with E-state index in [1.165, 1.54) is 21.8 Å². The van der Waals surface area contributed by atoms with Crippen LogP contribution in [-0.2, 0) is 13.1 Å². The number of aliphatic hydroxyl groups excluding tert-OH is 1. The van der Waals surface area contributed by atoms with Crippen molar-refractivity contribution in [3.8, 4) is 0 Å². The molecule has 0 fully saturated rings. The molecular weight excluding hydrogens is 314 g/mol. The maximum atomic E-state index is 12.5. The highest BCUT2D eigenvalue weighted by Gasteiger charge is 2.14. The van der Waals surface area contributed by atoms with Crippen LogP contribution >= 0.6 is 0 Å². The van der Waals surface area contributed by atoms with Gasteiger partial charge in [-0.05, 0) is 18.6 Å². The zero-order valence-electron chi connectivity index (χ0n) is 12.9. The van der Waals surface area contributed by atoms with E-state index < -0.39 is 11.0 Å². The monoisotopic (exact) mass is 329 g/mol. The molecule has 0 amide bonds. The fourth-order valence-corrected chi connectivity index (χ4v) is 2.52. The maximum absolute atomic E-state index is 12.5. The molecule has 0 saturated carbocycles. The summed E-state index contributed by atoms with van der Waals surface area (Å²) in [5.41, 5.74) is 1.15. The third kappa shape index (κ3) is 3.01. The molecule has 2 aromatic heterocycles. The average Bonchev–Trinajstić information content (AvgIpc) is 2.99. The van der Waals surface area contributed by atoms with Crippen molar-refractivity contribution >= 4 is 16.6 Å².